The summed E-state index contributed by atoms with van der Waals surface area (Å²) in [5, 5.41) is 0. The number of Topliss-reactive ketones (excluding diaryl/α,β-unsaturated/α-hetero) is 1. The molecule has 0 aliphatic heterocycles. The van der Waals surface area contributed by atoms with E-state index in [1.54, 1.807) is 6.92 Å². The van der Waals surface area contributed by atoms with Crippen molar-refractivity contribution in [3.8, 4) is 0 Å². The molecule has 0 heterocycles. The lowest BCUT2D eigenvalue weighted by molar-refractivity contribution is -0.124. The molecule has 0 amide bonds. The van der Waals surface area contributed by atoms with Gasteiger partial charge in [0, 0.05) is 5.41 Å². The third kappa shape index (κ3) is 1.57. The first-order valence-electron chi connectivity index (χ1n) is 6.95. The number of fused-ring (bicyclic) bond motifs is 2. The van der Waals surface area contributed by atoms with Crippen LogP contribution in [-0.2, 0) is 11.2 Å². The zero-order valence-electron chi connectivity index (χ0n) is 11.3. The molecule has 18 heavy (non-hydrogen) atoms. The number of rotatable bonds is 1. The molecule has 2 aliphatic rings. The van der Waals surface area contributed by atoms with Gasteiger partial charge >= 0.3 is 0 Å². The van der Waals surface area contributed by atoms with Crippen molar-refractivity contribution < 1.29 is 4.79 Å². The van der Waals surface area contributed by atoms with Gasteiger partial charge in [-0.25, -0.2) is 0 Å². The van der Waals surface area contributed by atoms with Crippen LogP contribution in [0.15, 0.2) is 29.8 Å². The smallest absolute Gasteiger partial charge is 0.139 e. The van der Waals surface area contributed by atoms with E-state index in [1.165, 1.54) is 22.3 Å². The van der Waals surface area contributed by atoms with Gasteiger partial charge in [-0.3, -0.25) is 4.79 Å². The molecule has 1 atom stereocenters. The van der Waals surface area contributed by atoms with Crippen LogP contribution in [0.3, 0.4) is 0 Å². The highest BCUT2D eigenvalue weighted by molar-refractivity contribution is 5.90. The highest BCUT2D eigenvalue weighted by atomic mass is 16.1. The van der Waals surface area contributed by atoms with Crippen molar-refractivity contribution in [2.45, 2.75) is 46.0 Å². The molecule has 1 nitrogen and oxygen atoms in total. The Hall–Kier alpha value is -1.37. The van der Waals surface area contributed by atoms with Crippen molar-refractivity contribution >= 4 is 11.4 Å². The van der Waals surface area contributed by atoms with Crippen molar-refractivity contribution in [1.29, 1.82) is 0 Å². The zero-order chi connectivity index (χ0) is 12.8. The molecular formula is C17H20O. The molecule has 3 rings (SSSR count). The molecule has 1 aromatic rings. The molecule has 0 radical (unpaired) electrons. The largest absolute Gasteiger partial charge is 0.299 e. The second-order valence-corrected chi connectivity index (χ2v) is 5.86. The predicted octanol–water partition coefficient (Wildman–Crippen LogP) is 4.17. The van der Waals surface area contributed by atoms with E-state index in [-0.39, 0.29) is 5.41 Å². The van der Waals surface area contributed by atoms with Gasteiger partial charge in [0.2, 0.25) is 0 Å². The first kappa shape index (κ1) is 11.7. The molecule has 0 N–H and O–H groups in total. The number of allylic oxidation sites excluding steroid dienone is 2. The third-order valence-electron chi connectivity index (χ3n) is 4.90. The monoisotopic (exact) mass is 240 g/mol. The minimum Gasteiger partial charge on any atom is -0.299 e. The van der Waals surface area contributed by atoms with Gasteiger partial charge in [0.15, 0.2) is 0 Å². The van der Waals surface area contributed by atoms with E-state index in [4.69, 9.17) is 0 Å². The lowest BCUT2D eigenvalue weighted by atomic mass is 9.64. The zero-order valence-corrected chi connectivity index (χ0v) is 11.3. The van der Waals surface area contributed by atoms with E-state index in [2.05, 4.69) is 31.2 Å². The van der Waals surface area contributed by atoms with E-state index in [0.717, 1.165) is 32.1 Å². The Labute approximate surface area is 109 Å². The Morgan fingerprint density at radius 1 is 1.17 bits per heavy atom. The number of ketones is 1. The summed E-state index contributed by atoms with van der Waals surface area (Å²) in [4.78, 5) is 12.1. The van der Waals surface area contributed by atoms with Crippen LogP contribution in [-0.4, -0.2) is 5.78 Å². The second kappa shape index (κ2) is 4.08. The number of hydrogen-bond acceptors (Lipinski definition) is 1. The van der Waals surface area contributed by atoms with Crippen LogP contribution in [0.2, 0.25) is 0 Å². The fourth-order valence-electron chi connectivity index (χ4n) is 3.66. The molecular weight excluding hydrogens is 220 g/mol. The molecule has 1 aromatic carbocycles. The van der Waals surface area contributed by atoms with Crippen LogP contribution in [0, 0.1) is 5.41 Å². The number of carbonyl (C=O) groups is 1. The van der Waals surface area contributed by atoms with Crippen molar-refractivity contribution in [3.05, 3.63) is 41.0 Å². The molecule has 94 valence electrons. The summed E-state index contributed by atoms with van der Waals surface area (Å²) in [5.41, 5.74) is 5.58. The molecule has 0 saturated heterocycles. The summed E-state index contributed by atoms with van der Waals surface area (Å²) < 4.78 is 0. The van der Waals surface area contributed by atoms with Crippen LogP contribution in [0.4, 0.5) is 0 Å². The maximum atomic E-state index is 12.1. The van der Waals surface area contributed by atoms with Crippen LogP contribution in [0.5, 0.6) is 0 Å². The van der Waals surface area contributed by atoms with Gasteiger partial charge in [-0.05, 0) is 62.7 Å². The second-order valence-electron chi connectivity index (χ2n) is 5.86. The highest BCUT2D eigenvalue weighted by Gasteiger charge is 2.39. The quantitative estimate of drug-likeness (QED) is 0.720. The summed E-state index contributed by atoms with van der Waals surface area (Å²) in [6, 6.07) is 8.71. The third-order valence-corrected chi connectivity index (χ3v) is 4.90. The lowest BCUT2D eigenvalue weighted by Crippen LogP contribution is -2.33. The minimum absolute atomic E-state index is 0.193. The average molecular weight is 240 g/mol. The minimum atomic E-state index is -0.193. The van der Waals surface area contributed by atoms with Gasteiger partial charge in [-0.2, -0.15) is 0 Å². The van der Waals surface area contributed by atoms with E-state index in [9.17, 15) is 4.79 Å². The first-order valence-corrected chi connectivity index (χ1v) is 6.95. The Morgan fingerprint density at radius 2 is 1.94 bits per heavy atom. The van der Waals surface area contributed by atoms with Gasteiger partial charge in [0.25, 0.3) is 0 Å². The summed E-state index contributed by atoms with van der Waals surface area (Å²) in [5.74, 6) is 0.342. The van der Waals surface area contributed by atoms with Crippen LogP contribution >= 0.6 is 0 Å². The van der Waals surface area contributed by atoms with Crippen LogP contribution < -0.4 is 0 Å². The van der Waals surface area contributed by atoms with E-state index < -0.39 is 0 Å². The van der Waals surface area contributed by atoms with Crippen LogP contribution in [0.1, 0.15) is 50.7 Å². The summed E-state index contributed by atoms with van der Waals surface area (Å²) in [7, 11) is 0. The van der Waals surface area contributed by atoms with Crippen molar-refractivity contribution in [3.63, 3.8) is 0 Å². The van der Waals surface area contributed by atoms with E-state index >= 15 is 0 Å². The number of benzene rings is 1. The maximum absolute atomic E-state index is 12.1. The van der Waals surface area contributed by atoms with Gasteiger partial charge in [-0.1, -0.05) is 29.8 Å². The van der Waals surface area contributed by atoms with Crippen molar-refractivity contribution in [2.75, 3.05) is 0 Å². The van der Waals surface area contributed by atoms with Gasteiger partial charge in [0.05, 0.1) is 0 Å². The SMILES string of the molecule is CC(=O)[C@@]1(C)CCCC2=C1CCc1ccccc12. The Morgan fingerprint density at radius 3 is 2.72 bits per heavy atom. The number of aryl methyl sites for hydroxylation is 1. The Balaban J connectivity index is 2.18. The molecule has 1 heteroatoms. The lowest BCUT2D eigenvalue weighted by Gasteiger charge is -2.39. The van der Waals surface area contributed by atoms with E-state index in [0.29, 0.717) is 5.78 Å². The molecule has 0 spiro atoms. The van der Waals surface area contributed by atoms with Gasteiger partial charge in [-0.15, -0.1) is 0 Å². The molecule has 0 bridgehead atoms. The fourth-order valence-corrected chi connectivity index (χ4v) is 3.66. The summed E-state index contributed by atoms with van der Waals surface area (Å²) in [6.45, 7) is 3.91. The first-order chi connectivity index (χ1) is 8.63. The highest BCUT2D eigenvalue weighted by Crippen LogP contribution is 2.49. The van der Waals surface area contributed by atoms with Gasteiger partial charge in [0.1, 0.15) is 5.78 Å². The summed E-state index contributed by atoms with van der Waals surface area (Å²) >= 11 is 0. The summed E-state index contributed by atoms with van der Waals surface area (Å²) in [6.07, 6.45) is 5.49. The van der Waals surface area contributed by atoms with Crippen molar-refractivity contribution in [1.82, 2.24) is 0 Å². The predicted molar refractivity (Wildman–Crippen MR) is 74.3 cm³/mol. The van der Waals surface area contributed by atoms with Crippen LogP contribution in [0.25, 0.3) is 5.57 Å². The normalized spacial score (nSPS) is 26.6. The molecule has 0 unspecified atom stereocenters. The molecule has 0 fully saturated rings. The molecule has 2 aliphatic carbocycles. The maximum Gasteiger partial charge on any atom is 0.139 e. The van der Waals surface area contributed by atoms with E-state index in [1.807, 2.05) is 0 Å². The standard InChI is InChI=1S/C17H20O/c1-12(18)17(2)11-5-8-15-14-7-4-3-6-13(14)9-10-16(15)17/h3-4,6-7H,5,8-11H2,1-2H3/t17-/m1/s1. The number of carbonyl (C=O) groups excluding carboxylic acids is 1. The van der Waals surface area contributed by atoms with Crippen molar-refractivity contribution in [2.24, 2.45) is 5.41 Å². The Bertz CT molecular complexity index is 538. The topological polar surface area (TPSA) is 17.1 Å². The Kier molecular flexibility index (Phi) is 2.65. The fraction of sp³-hybridized carbons (Fsp3) is 0.471. The van der Waals surface area contributed by atoms with Gasteiger partial charge < -0.3 is 0 Å². The average Bonchev–Trinajstić information content (AvgIpc) is 2.39. The molecule has 0 saturated carbocycles. The number of hydrogen-bond donors (Lipinski definition) is 0. The molecule has 0 aromatic heterocycles.